The zero-order valence-electron chi connectivity index (χ0n) is 18.9. The lowest BCUT2D eigenvalue weighted by Gasteiger charge is -2.34. The number of hydrogen-bond donors (Lipinski definition) is 3. The molecular weight excluding hydrogens is 440 g/mol. The largest absolute Gasteiger partial charge is 0.471 e. The zero-order valence-corrected chi connectivity index (χ0v) is 18.9. The average molecular weight is 471 g/mol. The van der Waals surface area contributed by atoms with Crippen LogP contribution in [0.2, 0.25) is 0 Å². The van der Waals surface area contributed by atoms with Crippen molar-refractivity contribution in [1.82, 2.24) is 14.9 Å². The summed E-state index contributed by atoms with van der Waals surface area (Å²) in [5.74, 6) is 0.939. The van der Waals surface area contributed by atoms with Crippen LogP contribution in [0.15, 0.2) is 30.3 Å². The van der Waals surface area contributed by atoms with Crippen LogP contribution >= 0.6 is 0 Å². The van der Waals surface area contributed by atoms with Gasteiger partial charge in [-0.2, -0.15) is 4.98 Å². The van der Waals surface area contributed by atoms with Crippen LogP contribution < -0.4 is 9.64 Å². The molecule has 1 amide bonds. The minimum absolute atomic E-state index is 0.139. The first kappa shape index (κ1) is 22.8. The Labute approximate surface area is 197 Å². The molecule has 2 aromatic rings. The highest BCUT2D eigenvalue weighted by Crippen LogP contribution is 2.33. The van der Waals surface area contributed by atoms with E-state index < -0.39 is 24.4 Å². The van der Waals surface area contributed by atoms with E-state index in [1.54, 1.807) is 4.90 Å². The summed E-state index contributed by atoms with van der Waals surface area (Å²) in [6.45, 7) is 2.34. The predicted octanol–water partition coefficient (Wildman–Crippen LogP) is 0.658. The number of aliphatic hydroxyl groups excluding tert-OH is 3. The van der Waals surface area contributed by atoms with Crippen molar-refractivity contribution in [1.29, 1.82) is 0 Å². The van der Waals surface area contributed by atoms with Crippen molar-refractivity contribution in [2.45, 2.75) is 56.7 Å². The van der Waals surface area contributed by atoms with Gasteiger partial charge in [0.25, 0.3) is 0 Å². The molecule has 34 heavy (non-hydrogen) atoms. The number of aliphatic hydroxyl groups is 3. The number of amides is 1. The first-order chi connectivity index (χ1) is 16.5. The van der Waals surface area contributed by atoms with Gasteiger partial charge in [0.15, 0.2) is 0 Å². The summed E-state index contributed by atoms with van der Waals surface area (Å²) < 4.78 is 11.4. The lowest BCUT2D eigenvalue weighted by molar-refractivity contribution is -0.0374. The van der Waals surface area contributed by atoms with E-state index in [1.807, 2.05) is 35.2 Å². The molecule has 2 aliphatic carbocycles. The van der Waals surface area contributed by atoms with E-state index in [4.69, 9.17) is 14.5 Å². The van der Waals surface area contributed by atoms with E-state index >= 15 is 0 Å². The van der Waals surface area contributed by atoms with Gasteiger partial charge in [0.1, 0.15) is 24.9 Å². The fourth-order valence-electron chi connectivity index (χ4n) is 4.75. The van der Waals surface area contributed by atoms with Crippen molar-refractivity contribution in [3.8, 4) is 5.88 Å². The Balaban J connectivity index is 1.22. The van der Waals surface area contributed by atoms with Crippen molar-refractivity contribution >= 4 is 12.0 Å². The molecule has 4 unspecified atom stereocenters. The Kier molecular flexibility index (Phi) is 6.53. The highest BCUT2D eigenvalue weighted by Gasteiger charge is 2.43. The second-order valence-corrected chi connectivity index (χ2v) is 9.06. The summed E-state index contributed by atoms with van der Waals surface area (Å²) in [6, 6.07) is 9.58. The van der Waals surface area contributed by atoms with E-state index in [9.17, 15) is 20.1 Å². The first-order valence-electron chi connectivity index (χ1n) is 11.8. The summed E-state index contributed by atoms with van der Waals surface area (Å²) >= 11 is 0. The van der Waals surface area contributed by atoms with E-state index in [-0.39, 0.29) is 19.1 Å². The maximum Gasteiger partial charge on any atom is 0.410 e. The van der Waals surface area contributed by atoms with E-state index in [2.05, 4.69) is 4.98 Å². The van der Waals surface area contributed by atoms with E-state index in [1.165, 1.54) is 0 Å². The molecule has 0 bridgehead atoms. The molecule has 0 radical (unpaired) electrons. The van der Waals surface area contributed by atoms with Gasteiger partial charge in [-0.1, -0.05) is 30.3 Å². The smallest absolute Gasteiger partial charge is 0.410 e. The van der Waals surface area contributed by atoms with Gasteiger partial charge in [-0.05, 0) is 24.8 Å². The third kappa shape index (κ3) is 4.66. The topological polar surface area (TPSA) is 128 Å². The van der Waals surface area contributed by atoms with Crippen molar-refractivity contribution in [3.63, 3.8) is 0 Å². The van der Waals surface area contributed by atoms with Gasteiger partial charge in [0, 0.05) is 38.2 Å². The highest BCUT2D eigenvalue weighted by molar-refractivity contribution is 5.68. The Morgan fingerprint density at radius 1 is 1.00 bits per heavy atom. The molecule has 1 aromatic carbocycles. The molecule has 1 aromatic heterocycles. The minimum Gasteiger partial charge on any atom is -0.471 e. The molecule has 3 N–H and O–H groups in total. The summed E-state index contributed by atoms with van der Waals surface area (Å²) in [4.78, 5) is 25.6. The third-order valence-electron chi connectivity index (χ3n) is 6.77. The summed E-state index contributed by atoms with van der Waals surface area (Å²) in [7, 11) is 0. The number of aryl methyl sites for hydroxylation is 1. The van der Waals surface area contributed by atoms with Crippen LogP contribution in [-0.2, 0) is 24.2 Å². The maximum atomic E-state index is 12.5. The average Bonchev–Trinajstić information content (AvgIpc) is 3.44. The number of ether oxygens (including phenoxy) is 2. The molecule has 1 saturated carbocycles. The van der Waals surface area contributed by atoms with Gasteiger partial charge in [-0.15, -0.1) is 0 Å². The van der Waals surface area contributed by atoms with Gasteiger partial charge >= 0.3 is 6.09 Å². The Morgan fingerprint density at radius 3 is 2.47 bits per heavy atom. The maximum absolute atomic E-state index is 12.5. The van der Waals surface area contributed by atoms with Crippen molar-refractivity contribution in [2.24, 2.45) is 0 Å². The van der Waals surface area contributed by atoms with E-state index in [0.29, 0.717) is 38.0 Å². The number of anilines is 1. The molecule has 1 saturated heterocycles. The summed E-state index contributed by atoms with van der Waals surface area (Å²) in [5, 5.41) is 30.0. The molecule has 2 heterocycles. The number of piperazine rings is 1. The van der Waals surface area contributed by atoms with Crippen molar-refractivity contribution < 1.29 is 29.6 Å². The SMILES string of the molecule is O=C(OCc1ccccc1)N1CCN(c2nc3c(c(OC4CC(O)C(O)C4O)n2)CCC3)CC1. The molecule has 182 valence electrons. The van der Waals surface area contributed by atoms with Crippen LogP contribution in [0.25, 0.3) is 0 Å². The number of nitrogens with zero attached hydrogens (tertiary/aromatic N) is 4. The minimum atomic E-state index is -1.23. The lowest BCUT2D eigenvalue weighted by Crippen LogP contribution is -2.49. The van der Waals surface area contributed by atoms with Gasteiger partial charge in [-0.25, -0.2) is 9.78 Å². The number of carbonyl (C=O) groups is 1. The van der Waals surface area contributed by atoms with Crippen LogP contribution in [0.3, 0.4) is 0 Å². The summed E-state index contributed by atoms with van der Waals surface area (Å²) in [6.07, 6.45) is -1.79. The van der Waals surface area contributed by atoms with Crippen LogP contribution in [0.1, 0.15) is 29.7 Å². The predicted molar refractivity (Wildman–Crippen MR) is 122 cm³/mol. The molecule has 10 nitrogen and oxygen atoms in total. The molecule has 10 heteroatoms. The number of fused-ring (bicyclic) bond motifs is 1. The second kappa shape index (κ2) is 9.73. The van der Waals surface area contributed by atoms with Crippen molar-refractivity contribution in [2.75, 3.05) is 31.1 Å². The van der Waals surface area contributed by atoms with Gasteiger partial charge in [-0.3, -0.25) is 0 Å². The molecule has 1 aliphatic heterocycles. The number of benzene rings is 1. The monoisotopic (exact) mass is 470 g/mol. The lowest BCUT2D eigenvalue weighted by atomic mass is 10.2. The molecular formula is C24H30N4O6. The highest BCUT2D eigenvalue weighted by atomic mass is 16.6. The molecule has 5 rings (SSSR count). The number of aromatic nitrogens is 2. The molecule has 0 spiro atoms. The fraction of sp³-hybridized carbons (Fsp3) is 0.542. The van der Waals surface area contributed by atoms with Gasteiger partial charge in [0.2, 0.25) is 11.8 Å². The first-order valence-corrected chi connectivity index (χ1v) is 11.8. The van der Waals surface area contributed by atoms with Crippen molar-refractivity contribution in [3.05, 3.63) is 47.2 Å². The summed E-state index contributed by atoms with van der Waals surface area (Å²) in [5.41, 5.74) is 2.80. The molecule has 2 fully saturated rings. The van der Waals surface area contributed by atoms with Gasteiger partial charge < -0.3 is 34.6 Å². The Bertz CT molecular complexity index is 1010. The van der Waals surface area contributed by atoms with Crippen LogP contribution in [0.4, 0.5) is 10.7 Å². The molecule has 4 atom stereocenters. The molecule has 3 aliphatic rings. The fourth-order valence-corrected chi connectivity index (χ4v) is 4.75. The zero-order chi connectivity index (χ0) is 23.7. The van der Waals surface area contributed by atoms with Crippen LogP contribution in [0, 0.1) is 0 Å². The Hall–Kier alpha value is -2.95. The van der Waals surface area contributed by atoms with E-state index in [0.717, 1.165) is 36.1 Å². The van der Waals surface area contributed by atoms with Crippen LogP contribution in [-0.4, -0.2) is 86.9 Å². The number of rotatable bonds is 5. The van der Waals surface area contributed by atoms with Crippen LogP contribution in [0.5, 0.6) is 5.88 Å². The quantitative estimate of drug-likeness (QED) is 0.577. The third-order valence-corrected chi connectivity index (χ3v) is 6.77. The number of carbonyl (C=O) groups excluding carboxylic acids is 1. The standard InChI is InChI=1S/C24H30N4O6/c29-18-13-19(21(31)20(18)30)34-22-16-7-4-8-17(16)25-23(26-22)27-9-11-28(12-10-27)24(32)33-14-15-5-2-1-3-6-15/h1-3,5-6,18-21,29-31H,4,7-14H2. The van der Waals surface area contributed by atoms with Gasteiger partial charge in [0.05, 0.1) is 11.8 Å². The Morgan fingerprint density at radius 2 is 1.76 bits per heavy atom. The number of hydrogen-bond acceptors (Lipinski definition) is 9. The second-order valence-electron chi connectivity index (χ2n) is 9.06. The normalized spacial score (nSPS) is 26.4.